The first-order chi connectivity index (χ1) is 10.4. The van der Waals surface area contributed by atoms with Gasteiger partial charge >= 0.3 is 5.97 Å². The number of nitrogens with zero attached hydrogens (tertiary/aromatic N) is 1. The first-order valence-electron chi connectivity index (χ1n) is 7.53. The molecule has 5 heteroatoms. The van der Waals surface area contributed by atoms with Crippen LogP contribution in [0, 0.1) is 5.92 Å². The van der Waals surface area contributed by atoms with Gasteiger partial charge in [-0.3, -0.25) is 4.79 Å². The van der Waals surface area contributed by atoms with Crippen LogP contribution in [0.5, 0.6) is 0 Å². The van der Waals surface area contributed by atoms with E-state index in [2.05, 4.69) is 16.8 Å². The van der Waals surface area contributed by atoms with Crippen molar-refractivity contribution < 1.29 is 14.7 Å². The number of carboxylic acids is 1. The van der Waals surface area contributed by atoms with Crippen molar-refractivity contribution in [2.24, 2.45) is 5.92 Å². The Morgan fingerprint density at radius 2 is 1.95 bits per heavy atom. The third kappa shape index (κ3) is 3.30. The van der Waals surface area contributed by atoms with Crippen LogP contribution in [-0.2, 0) is 22.6 Å². The maximum absolute atomic E-state index is 12.2. The van der Waals surface area contributed by atoms with Gasteiger partial charge in [0.2, 0.25) is 5.91 Å². The molecule has 0 aliphatic rings. The van der Waals surface area contributed by atoms with Gasteiger partial charge in [-0.2, -0.15) is 0 Å². The number of carboxylic acid groups (broad SMARTS) is 1. The van der Waals surface area contributed by atoms with Crippen LogP contribution in [0.25, 0.3) is 10.9 Å². The molecule has 22 heavy (non-hydrogen) atoms. The Balaban J connectivity index is 2.20. The van der Waals surface area contributed by atoms with Crippen molar-refractivity contribution in [3.63, 3.8) is 0 Å². The molecule has 118 valence electrons. The van der Waals surface area contributed by atoms with E-state index in [1.54, 1.807) is 13.8 Å². The molecule has 2 N–H and O–H groups in total. The predicted molar refractivity (Wildman–Crippen MR) is 85.7 cm³/mol. The highest BCUT2D eigenvalue weighted by molar-refractivity contribution is 5.91. The van der Waals surface area contributed by atoms with E-state index in [0.717, 1.165) is 23.0 Å². The maximum atomic E-state index is 12.2. The number of nitrogens with one attached hydrogen (secondary N) is 1. The highest BCUT2D eigenvalue weighted by Crippen LogP contribution is 2.21. The lowest BCUT2D eigenvalue weighted by atomic mass is 10.0. The van der Waals surface area contributed by atoms with Crippen molar-refractivity contribution in [1.29, 1.82) is 0 Å². The molecule has 2 aromatic rings. The van der Waals surface area contributed by atoms with Gasteiger partial charge in [0.15, 0.2) is 0 Å². The van der Waals surface area contributed by atoms with Crippen molar-refractivity contribution in [3.05, 3.63) is 36.0 Å². The average molecular weight is 302 g/mol. The summed E-state index contributed by atoms with van der Waals surface area (Å²) in [6.45, 7) is 6.44. The monoisotopic (exact) mass is 302 g/mol. The number of hydrogen-bond acceptors (Lipinski definition) is 2. The molecule has 1 aromatic carbocycles. The van der Waals surface area contributed by atoms with Crippen LogP contribution in [-0.4, -0.2) is 27.6 Å². The summed E-state index contributed by atoms with van der Waals surface area (Å²) in [5.41, 5.74) is 2.01. The largest absolute Gasteiger partial charge is 0.480 e. The van der Waals surface area contributed by atoms with Crippen LogP contribution < -0.4 is 5.32 Å². The Morgan fingerprint density at radius 1 is 1.27 bits per heavy atom. The molecule has 0 aliphatic carbocycles. The molecule has 0 unspecified atom stereocenters. The summed E-state index contributed by atoms with van der Waals surface area (Å²) in [5.74, 6) is -1.42. The summed E-state index contributed by atoms with van der Waals surface area (Å²) in [4.78, 5) is 23.4. The zero-order valence-corrected chi connectivity index (χ0v) is 13.2. The number of carbonyl (C=O) groups excluding carboxylic acids is 1. The van der Waals surface area contributed by atoms with Gasteiger partial charge < -0.3 is 15.0 Å². The lowest BCUT2D eigenvalue weighted by molar-refractivity contribution is -0.143. The number of aryl methyl sites for hydroxylation is 1. The summed E-state index contributed by atoms with van der Waals surface area (Å²) in [6, 6.07) is 7.07. The van der Waals surface area contributed by atoms with Crippen LogP contribution >= 0.6 is 0 Å². The molecule has 0 spiro atoms. The van der Waals surface area contributed by atoms with E-state index in [9.17, 15) is 9.59 Å². The van der Waals surface area contributed by atoms with Gasteiger partial charge in [0, 0.05) is 23.6 Å². The fraction of sp³-hybridized carbons (Fsp3) is 0.412. The second kappa shape index (κ2) is 6.64. The predicted octanol–water partition coefficient (Wildman–Crippen LogP) is 2.43. The molecule has 2 rings (SSSR count). The Hall–Kier alpha value is -2.30. The number of fused-ring (bicyclic) bond motifs is 1. The van der Waals surface area contributed by atoms with Gasteiger partial charge in [-0.05, 0) is 24.5 Å². The fourth-order valence-electron chi connectivity index (χ4n) is 2.64. The van der Waals surface area contributed by atoms with E-state index in [4.69, 9.17) is 5.11 Å². The van der Waals surface area contributed by atoms with Crippen molar-refractivity contribution in [2.45, 2.75) is 39.8 Å². The Labute approximate surface area is 129 Å². The Bertz CT molecular complexity index is 688. The smallest absolute Gasteiger partial charge is 0.326 e. The quantitative estimate of drug-likeness (QED) is 0.861. The molecule has 0 aliphatic heterocycles. The molecule has 1 amide bonds. The van der Waals surface area contributed by atoms with Gasteiger partial charge in [-0.15, -0.1) is 0 Å². The topological polar surface area (TPSA) is 71.3 Å². The molecule has 1 aromatic heterocycles. The first kappa shape index (κ1) is 16.1. The van der Waals surface area contributed by atoms with Crippen LogP contribution in [0.15, 0.2) is 30.5 Å². The van der Waals surface area contributed by atoms with Gasteiger partial charge in [0.05, 0.1) is 6.42 Å². The summed E-state index contributed by atoms with van der Waals surface area (Å²) >= 11 is 0. The van der Waals surface area contributed by atoms with E-state index in [1.165, 1.54) is 0 Å². The minimum atomic E-state index is -1.00. The number of aliphatic carboxylic acids is 1. The van der Waals surface area contributed by atoms with Crippen molar-refractivity contribution in [3.8, 4) is 0 Å². The molecule has 0 bridgehead atoms. The van der Waals surface area contributed by atoms with E-state index < -0.39 is 12.0 Å². The fourth-order valence-corrected chi connectivity index (χ4v) is 2.64. The zero-order chi connectivity index (χ0) is 16.3. The number of carbonyl (C=O) groups is 2. The maximum Gasteiger partial charge on any atom is 0.326 e. The Morgan fingerprint density at radius 3 is 2.55 bits per heavy atom. The Kier molecular flexibility index (Phi) is 4.85. The van der Waals surface area contributed by atoms with Gasteiger partial charge in [-0.1, -0.05) is 32.0 Å². The van der Waals surface area contributed by atoms with E-state index in [-0.39, 0.29) is 18.2 Å². The summed E-state index contributed by atoms with van der Waals surface area (Å²) < 4.78 is 2.09. The van der Waals surface area contributed by atoms with Crippen LogP contribution in [0.4, 0.5) is 0 Å². The minimum absolute atomic E-state index is 0.154. The second-order valence-corrected chi connectivity index (χ2v) is 5.76. The molecular formula is C17H22N2O3. The SMILES string of the molecule is CCn1cc(CC(=O)N[C@@H](C(=O)O)C(C)C)c2ccccc21. The summed E-state index contributed by atoms with van der Waals surface area (Å²) in [5, 5.41) is 12.8. The lowest BCUT2D eigenvalue weighted by Gasteiger charge is -2.17. The van der Waals surface area contributed by atoms with Crippen molar-refractivity contribution in [1.82, 2.24) is 9.88 Å². The van der Waals surface area contributed by atoms with Gasteiger partial charge in [0.1, 0.15) is 6.04 Å². The first-order valence-corrected chi connectivity index (χ1v) is 7.53. The third-order valence-corrected chi connectivity index (χ3v) is 3.81. The van der Waals surface area contributed by atoms with E-state index in [1.807, 2.05) is 30.5 Å². The van der Waals surface area contributed by atoms with Gasteiger partial charge in [0.25, 0.3) is 0 Å². The highest BCUT2D eigenvalue weighted by atomic mass is 16.4. The molecule has 5 nitrogen and oxygen atoms in total. The van der Waals surface area contributed by atoms with Crippen LogP contribution in [0.3, 0.4) is 0 Å². The zero-order valence-electron chi connectivity index (χ0n) is 13.2. The van der Waals surface area contributed by atoms with Gasteiger partial charge in [-0.25, -0.2) is 4.79 Å². The molecule has 0 radical (unpaired) electrons. The molecule has 0 saturated heterocycles. The molecule has 0 fully saturated rings. The third-order valence-electron chi connectivity index (χ3n) is 3.81. The average Bonchev–Trinajstić information content (AvgIpc) is 2.82. The normalized spacial score (nSPS) is 12.5. The van der Waals surface area contributed by atoms with Crippen molar-refractivity contribution >= 4 is 22.8 Å². The molecule has 0 saturated carbocycles. The van der Waals surface area contributed by atoms with E-state index >= 15 is 0 Å². The second-order valence-electron chi connectivity index (χ2n) is 5.76. The summed E-state index contributed by atoms with van der Waals surface area (Å²) in [7, 11) is 0. The molecule has 1 heterocycles. The lowest BCUT2D eigenvalue weighted by Crippen LogP contribution is -2.44. The molecular weight excluding hydrogens is 280 g/mol. The number of amides is 1. The number of aromatic nitrogens is 1. The molecule has 1 atom stereocenters. The van der Waals surface area contributed by atoms with Crippen molar-refractivity contribution in [2.75, 3.05) is 0 Å². The van der Waals surface area contributed by atoms with E-state index in [0.29, 0.717) is 0 Å². The van der Waals surface area contributed by atoms with Crippen LogP contribution in [0.2, 0.25) is 0 Å². The minimum Gasteiger partial charge on any atom is -0.480 e. The standard InChI is InChI=1S/C17H22N2O3/c1-4-19-10-12(13-7-5-6-8-14(13)19)9-15(20)18-16(11(2)3)17(21)22/h5-8,10-11,16H,4,9H2,1-3H3,(H,18,20)(H,21,22)/t16-/m1/s1. The summed E-state index contributed by atoms with van der Waals surface area (Å²) in [6.07, 6.45) is 2.15. The van der Waals surface area contributed by atoms with Crippen LogP contribution in [0.1, 0.15) is 26.3 Å². The number of para-hydroxylation sites is 1. The highest BCUT2D eigenvalue weighted by Gasteiger charge is 2.23. The number of rotatable bonds is 6. The number of benzene rings is 1. The number of hydrogen-bond donors (Lipinski definition) is 2.